The molecular formula is C43H40Cl2N4O6. The van der Waals surface area contributed by atoms with Crippen molar-refractivity contribution in [2.75, 3.05) is 43.1 Å². The Morgan fingerprint density at radius 3 is 1.82 bits per heavy atom. The van der Waals surface area contributed by atoms with Crippen molar-refractivity contribution in [3.8, 4) is 0 Å². The van der Waals surface area contributed by atoms with Crippen molar-refractivity contribution >= 4 is 75.2 Å². The molecule has 0 aromatic heterocycles. The molecule has 9 rings (SSSR count). The standard InChI is InChI=1S/C21H17ClN2O2.C14H15NO3.C8H8ClNO/c22-16-6-2-1-5-15(16)18-17(20(25)23-21(18)26)14-10-12-4-3-8-24-9-7-13(11-14)19(12)24;1-18-14(17)13(16)11-7-9-3-2-5-15-6-4-10(8-11)12(9)15;9-7-4-2-1-3-6(7)5-8(10)11/h1-2,5-6,10-11H,3-4,7-9H2,(H,23,25,26);7-8H,2-6H2,1H3;1-4H,5H2,(H2,10,11). The Morgan fingerprint density at radius 2 is 1.24 bits per heavy atom. The van der Waals surface area contributed by atoms with Crippen molar-refractivity contribution in [1.82, 2.24) is 5.32 Å². The molecule has 0 saturated heterocycles. The van der Waals surface area contributed by atoms with Crippen LogP contribution in [0.4, 0.5) is 11.4 Å². The van der Waals surface area contributed by atoms with Crippen molar-refractivity contribution in [3.05, 3.63) is 127 Å². The highest BCUT2D eigenvalue weighted by molar-refractivity contribution is 6.50. The van der Waals surface area contributed by atoms with Crippen molar-refractivity contribution in [2.45, 2.75) is 44.9 Å². The van der Waals surface area contributed by atoms with Gasteiger partial charge in [-0.25, -0.2) is 4.79 Å². The number of nitrogens with zero attached hydrogens (tertiary/aromatic N) is 2. The zero-order valence-electron chi connectivity index (χ0n) is 30.4. The lowest BCUT2D eigenvalue weighted by atomic mass is 9.91. The van der Waals surface area contributed by atoms with E-state index in [9.17, 15) is 24.0 Å². The monoisotopic (exact) mass is 778 g/mol. The van der Waals surface area contributed by atoms with Gasteiger partial charge in [-0.2, -0.15) is 0 Å². The SMILES string of the molecule is COC(=O)C(=O)c1cc2c3c(c1)CCN3CCC2.NC(=O)Cc1ccccc1Cl.O=C1NC(=O)C(c2ccccc2Cl)=C1c1cc2c3c(c1)CCN3CCC2. The number of imide groups is 1. The molecule has 0 fully saturated rings. The molecule has 55 heavy (non-hydrogen) atoms. The van der Waals surface area contributed by atoms with E-state index in [4.69, 9.17) is 28.9 Å². The number of halogens is 2. The minimum atomic E-state index is -0.784. The normalized spacial score (nSPS) is 16.0. The second-order valence-corrected chi connectivity index (χ2v) is 14.9. The maximum Gasteiger partial charge on any atom is 0.379 e. The Morgan fingerprint density at radius 1 is 0.709 bits per heavy atom. The number of carbonyl (C=O) groups excluding carboxylic acids is 5. The number of aryl methyl sites for hydroxylation is 2. The van der Waals surface area contributed by atoms with Gasteiger partial charge in [0, 0.05) is 58.7 Å². The lowest BCUT2D eigenvalue weighted by Gasteiger charge is -2.27. The van der Waals surface area contributed by atoms with Gasteiger partial charge in [0.2, 0.25) is 5.91 Å². The van der Waals surface area contributed by atoms with Crippen LogP contribution < -0.4 is 20.9 Å². The maximum absolute atomic E-state index is 12.6. The lowest BCUT2D eigenvalue weighted by Crippen LogP contribution is -2.26. The molecule has 0 unspecified atom stereocenters. The number of methoxy groups -OCH3 is 1. The van der Waals surface area contributed by atoms with E-state index in [2.05, 4.69) is 32.0 Å². The van der Waals surface area contributed by atoms with Crippen LogP contribution >= 0.6 is 23.2 Å². The average Bonchev–Trinajstić information content (AvgIpc) is 3.88. The summed E-state index contributed by atoms with van der Waals surface area (Å²) in [4.78, 5) is 63.6. The van der Waals surface area contributed by atoms with Crippen molar-refractivity contribution in [1.29, 1.82) is 0 Å². The molecule has 0 radical (unpaired) electrons. The van der Waals surface area contributed by atoms with Gasteiger partial charge in [-0.3, -0.25) is 24.5 Å². The third kappa shape index (κ3) is 7.74. The van der Waals surface area contributed by atoms with E-state index in [1.165, 1.54) is 40.7 Å². The minimum absolute atomic E-state index is 0.208. The summed E-state index contributed by atoms with van der Waals surface area (Å²) in [5.41, 5.74) is 16.1. The van der Waals surface area contributed by atoms with Crippen molar-refractivity contribution in [3.63, 3.8) is 0 Å². The van der Waals surface area contributed by atoms with Gasteiger partial charge in [-0.05, 0) is 108 Å². The molecule has 4 aromatic carbocycles. The molecule has 0 spiro atoms. The Bertz CT molecular complexity index is 2290. The third-order valence-corrected chi connectivity index (χ3v) is 11.2. The number of amides is 3. The molecule has 3 N–H and O–H groups in total. The number of benzene rings is 4. The number of nitrogens with two attached hydrogens (primary N) is 1. The molecule has 4 aromatic rings. The number of hydrogen-bond acceptors (Lipinski definition) is 8. The molecule has 0 atom stereocenters. The minimum Gasteiger partial charge on any atom is -0.463 e. The number of Topliss-reactive ketones (excluding diaryl/α,β-unsaturated/α-hetero) is 1. The van der Waals surface area contributed by atoms with Crippen molar-refractivity contribution in [2.24, 2.45) is 5.73 Å². The van der Waals surface area contributed by atoms with Crippen molar-refractivity contribution < 1.29 is 28.7 Å². The fourth-order valence-electron chi connectivity index (χ4n) is 8.16. The van der Waals surface area contributed by atoms with Crippen LogP contribution in [0.3, 0.4) is 0 Å². The Kier molecular flexibility index (Phi) is 11.1. The number of ether oxygens (including phenoxy) is 1. The summed E-state index contributed by atoms with van der Waals surface area (Å²) >= 11 is 12.1. The fourth-order valence-corrected chi connectivity index (χ4v) is 8.60. The van der Waals surface area contributed by atoms with Gasteiger partial charge < -0.3 is 20.3 Å². The van der Waals surface area contributed by atoms with Crippen LogP contribution in [0.15, 0.2) is 72.8 Å². The van der Waals surface area contributed by atoms with Crippen LogP contribution in [0.5, 0.6) is 0 Å². The first-order chi connectivity index (χ1) is 26.5. The quantitative estimate of drug-likeness (QED) is 0.106. The number of primary amides is 1. The third-order valence-electron chi connectivity index (χ3n) is 10.5. The van der Waals surface area contributed by atoms with Crippen LogP contribution in [0.2, 0.25) is 10.0 Å². The van der Waals surface area contributed by atoms with E-state index in [0.717, 1.165) is 75.8 Å². The number of esters is 1. The number of nitrogens with one attached hydrogen (secondary N) is 1. The predicted molar refractivity (Wildman–Crippen MR) is 213 cm³/mol. The first-order valence-corrected chi connectivity index (χ1v) is 19.1. The fraction of sp³-hybridized carbons (Fsp3) is 0.279. The maximum atomic E-state index is 12.6. The molecular weight excluding hydrogens is 739 g/mol. The largest absolute Gasteiger partial charge is 0.463 e. The summed E-state index contributed by atoms with van der Waals surface area (Å²) in [6, 6.07) is 22.2. The Balaban J connectivity index is 0.000000139. The second kappa shape index (κ2) is 16.1. The molecule has 5 aliphatic heterocycles. The summed E-state index contributed by atoms with van der Waals surface area (Å²) in [7, 11) is 1.24. The van der Waals surface area contributed by atoms with Gasteiger partial charge in [0.1, 0.15) is 0 Å². The van der Waals surface area contributed by atoms with E-state index in [-0.39, 0.29) is 24.1 Å². The molecule has 0 aliphatic carbocycles. The highest BCUT2D eigenvalue weighted by Crippen LogP contribution is 2.41. The Labute approximate surface area is 329 Å². The zero-order chi connectivity index (χ0) is 38.8. The van der Waals surface area contributed by atoms with Gasteiger partial charge in [0.25, 0.3) is 17.6 Å². The van der Waals surface area contributed by atoms with Crippen LogP contribution in [-0.4, -0.2) is 62.8 Å². The van der Waals surface area contributed by atoms with Gasteiger partial charge >= 0.3 is 5.97 Å². The molecule has 5 aliphatic rings. The smallest absolute Gasteiger partial charge is 0.379 e. The van der Waals surface area contributed by atoms with Crippen LogP contribution in [0.25, 0.3) is 11.1 Å². The van der Waals surface area contributed by atoms with E-state index >= 15 is 0 Å². The van der Waals surface area contributed by atoms with Crippen LogP contribution in [0, 0.1) is 0 Å². The summed E-state index contributed by atoms with van der Waals surface area (Å²) in [5.74, 6) is -2.41. The summed E-state index contributed by atoms with van der Waals surface area (Å²) < 4.78 is 4.50. The van der Waals surface area contributed by atoms with Crippen LogP contribution in [-0.2, 0) is 56.0 Å². The Hall–Kier alpha value is -5.45. The summed E-state index contributed by atoms with van der Waals surface area (Å²) in [6.45, 7) is 4.27. The molecule has 10 nitrogen and oxygen atoms in total. The highest BCUT2D eigenvalue weighted by atomic mass is 35.5. The van der Waals surface area contributed by atoms with E-state index in [0.29, 0.717) is 32.3 Å². The van der Waals surface area contributed by atoms with Gasteiger partial charge in [0.05, 0.1) is 24.7 Å². The second-order valence-electron chi connectivity index (χ2n) is 14.0. The lowest BCUT2D eigenvalue weighted by molar-refractivity contribution is -0.135. The number of anilines is 2. The van der Waals surface area contributed by atoms with E-state index < -0.39 is 11.8 Å². The van der Waals surface area contributed by atoms with Gasteiger partial charge in [0.15, 0.2) is 0 Å². The van der Waals surface area contributed by atoms with Crippen LogP contribution in [0.1, 0.15) is 62.1 Å². The average molecular weight is 780 g/mol. The topological polar surface area (TPSA) is 139 Å². The molecule has 0 bridgehead atoms. The summed E-state index contributed by atoms with van der Waals surface area (Å²) in [5, 5.41) is 3.51. The summed E-state index contributed by atoms with van der Waals surface area (Å²) in [6.07, 6.45) is 6.39. The molecule has 3 amide bonds. The van der Waals surface area contributed by atoms with Gasteiger partial charge in [-0.1, -0.05) is 59.6 Å². The first kappa shape index (κ1) is 37.8. The van der Waals surface area contributed by atoms with E-state index in [1.54, 1.807) is 24.3 Å². The first-order valence-electron chi connectivity index (χ1n) is 18.3. The number of ketones is 1. The van der Waals surface area contributed by atoms with E-state index in [1.807, 2.05) is 36.4 Å². The highest BCUT2D eigenvalue weighted by Gasteiger charge is 2.35. The van der Waals surface area contributed by atoms with Gasteiger partial charge in [-0.15, -0.1) is 0 Å². The zero-order valence-corrected chi connectivity index (χ0v) is 31.9. The predicted octanol–water partition coefficient (Wildman–Crippen LogP) is 5.93. The molecule has 12 heteroatoms. The number of rotatable bonds is 6. The molecule has 282 valence electrons. The number of carbonyl (C=O) groups is 5. The molecule has 5 heterocycles. The molecule has 0 saturated carbocycles. The number of hydrogen-bond donors (Lipinski definition) is 2.